The largest absolute Gasteiger partial charge is 0.480 e. The molecule has 0 radical (unpaired) electrons. The molecule has 0 aliphatic rings. The molecule has 0 aromatic carbocycles. The fraction of sp³-hybridized carbons (Fsp3) is 0.400. The first kappa shape index (κ1) is 13.7. The van der Waals surface area contributed by atoms with E-state index in [2.05, 4.69) is 10.3 Å². The summed E-state index contributed by atoms with van der Waals surface area (Å²) in [5, 5.41) is 11.0. The molecule has 0 aliphatic heterocycles. The molecule has 0 bridgehead atoms. The first-order chi connectivity index (χ1) is 8.49. The third-order valence-electron chi connectivity index (χ3n) is 2.19. The number of carbonyl (C=O) groups is 3. The Morgan fingerprint density at radius 1 is 1.44 bits per heavy atom. The number of primary amides is 1. The van der Waals surface area contributed by atoms with E-state index < -0.39 is 30.2 Å². The van der Waals surface area contributed by atoms with Gasteiger partial charge in [-0.3, -0.25) is 9.59 Å². The first-order valence-corrected chi connectivity index (χ1v) is 5.25. The van der Waals surface area contributed by atoms with Crippen molar-refractivity contribution in [2.45, 2.75) is 25.4 Å². The number of nitrogens with two attached hydrogens (primary N) is 1. The van der Waals surface area contributed by atoms with Crippen LogP contribution in [0, 0.1) is 0 Å². The molecule has 1 unspecified atom stereocenters. The van der Waals surface area contributed by atoms with Crippen LogP contribution in [0.3, 0.4) is 0 Å². The predicted molar refractivity (Wildman–Crippen MR) is 60.2 cm³/mol. The zero-order chi connectivity index (χ0) is 13.5. The Bertz CT molecular complexity index is 429. The van der Waals surface area contributed by atoms with Crippen molar-refractivity contribution in [2.75, 3.05) is 0 Å². The minimum absolute atomic E-state index is 0.0961. The third-order valence-corrected chi connectivity index (χ3v) is 2.19. The Morgan fingerprint density at radius 2 is 2.17 bits per heavy atom. The van der Waals surface area contributed by atoms with Gasteiger partial charge in [0.1, 0.15) is 6.04 Å². The van der Waals surface area contributed by atoms with Gasteiger partial charge in [0.2, 0.25) is 11.8 Å². The zero-order valence-corrected chi connectivity index (χ0v) is 9.57. The van der Waals surface area contributed by atoms with Crippen LogP contribution in [-0.4, -0.2) is 38.5 Å². The Balaban J connectivity index is 2.41. The zero-order valence-electron chi connectivity index (χ0n) is 9.57. The van der Waals surface area contributed by atoms with Gasteiger partial charge in [-0.1, -0.05) is 0 Å². The van der Waals surface area contributed by atoms with Gasteiger partial charge < -0.3 is 20.7 Å². The molecule has 1 rings (SSSR count). The normalized spacial score (nSPS) is 11.8. The molecule has 8 heteroatoms. The number of imidazole rings is 1. The number of carboxylic acids is 1. The van der Waals surface area contributed by atoms with Crippen LogP contribution in [0.25, 0.3) is 0 Å². The van der Waals surface area contributed by atoms with Crippen LogP contribution in [0.4, 0.5) is 0 Å². The number of nitrogens with one attached hydrogen (secondary N) is 1. The van der Waals surface area contributed by atoms with E-state index in [1.807, 2.05) is 0 Å². The number of rotatable bonds is 7. The summed E-state index contributed by atoms with van der Waals surface area (Å²) in [7, 11) is 0. The lowest BCUT2D eigenvalue weighted by Gasteiger charge is -2.12. The van der Waals surface area contributed by atoms with Crippen LogP contribution in [0.5, 0.6) is 0 Å². The summed E-state index contributed by atoms with van der Waals surface area (Å²) in [6, 6.07) is -1.28. The molecule has 2 amide bonds. The Hall–Kier alpha value is -2.38. The van der Waals surface area contributed by atoms with Crippen LogP contribution in [0.1, 0.15) is 12.8 Å². The highest BCUT2D eigenvalue weighted by Gasteiger charge is 2.21. The number of aliphatic carboxylic acids is 1. The Labute approximate surface area is 103 Å². The van der Waals surface area contributed by atoms with Gasteiger partial charge in [0.25, 0.3) is 0 Å². The van der Waals surface area contributed by atoms with Gasteiger partial charge in [-0.25, -0.2) is 9.78 Å². The second kappa shape index (κ2) is 6.38. The number of carboxylic acid groups (broad SMARTS) is 1. The fourth-order valence-electron chi connectivity index (χ4n) is 1.32. The second-order valence-electron chi connectivity index (χ2n) is 3.68. The van der Waals surface area contributed by atoms with Gasteiger partial charge >= 0.3 is 5.97 Å². The smallest absolute Gasteiger partial charge is 0.326 e. The SMILES string of the molecule is NC(=O)CC(NC(=O)CCn1ccnc1)C(=O)O. The van der Waals surface area contributed by atoms with Crippen molar-refractivity contribution >= 4 is 17.8 Å². The molecule has 1 heterocycles. The van der Waals surface area contributed by atoms with Gasteiger partial charge in [-0.05, 0) is 0 Å². The molecule has 0 spiro atoms. The predicted octanol–water partition coefficient (Wildman–Crippen LogP) is -1.28. The van der Waals surface area contributed by atoms with Crippen molar-refractivity contribution in [1.29, 1.82) is 0 Å². The van der Waals surface area contributed by atoms with Gasteiger partial charge in [0, 0.05) is 25.4 Å². The summed E-state index contributed by atoms with van der Waals surface area (Å²) >= 11 is 0. The topological polar surface area (TPSA) is 127 Å². The molecule has 1 aromatic rings. The molecular weight excluding hydrogens is 240 g/mol. The van der Waals surface area contributed by atoms with E-state index in [-0.39, 0.29) is 6.42 Å². The summed E-state index contributed by atoms with van der Waals surface area (Å²) in [4.78, 5) is 36.7. The van der Waals surface area contributed by atoms with Crippen molar-refractivity contribution in [3.63, 3.8) is 0 Å². The summed E-state index contributed by atoms with van der Waals surface area (Å²) in [6.07, 6.45) is 4.48. The molecule has 0 saturated carbocycles. The highest BCUT2D eigenvalue weighted by Crippen LogP contribution is 1.95. The molecule has 1 atom stereocenters. The van der Waals surface area contributed by atoms with Gasteiger partial charge in [0.05, 0.1) is 12.7 Å². The van der Waals surface area contributed by atoms with E-state index in [0.717, 1.165) is 0 Å². The van der Waals surface area contributed by atoms with Crippen molar-refractivity contribution < 1.29 is 19.5 Å². The second-order valence-corrected chi connectivity index (χ2v) is 3.68. The fourth-order valence-corrected chi connectivity index (χ4v) is 1.32. The van der Waals surface area contributed by atoms with E-state index in [9.17, 15) is 14.4 Å². The Morgan fingerprint density at radius 3 is 2.67 bits per heavy atom. The van der Waals surface area contributed by atoms with E-state index in [4.69, 9.17) is 10.8 Å². The monoisotopic (exact) mass is 254 g/mol. The van der Waals surface area contributed by atoms with Crippen LogP contribution >= 0.6 is 0 Å². The summed E-state index contributed by atoms with van der Waals surface area (Å²) in [6.45, 7) is 0.384. The number of nitrogens with zero attached hydrogens (tertiary/aromatic N) is 2. The molecule has 18 heavy (non-hydrogen) atoms. The summed E-state index contributed by atoms with van der Waals surface area (Å²) < 4.78 is 1.68. The van der Waals surface area contributed by atoms with Gasteiger partial charge in [-0.15, -0.1) is 0 Å². The summed E-state index contributed by atoms with van der Waals surface area (Å²) in [5.41, 5.74) is 4.89. The van der Waals surface area contributed by atoms with E-state index >= 15 is 0 Å². The summed E-state index contributed by atoms with van der Waals surface area (Å²) in [5.74, 6) is -2.53. The molecule has 1 aromatic heterocycles. The first-order valence-electron chi connectivity index (χ1n) is 5.25. The molecule has 0 saturated heterocycles. The number of hydrogen-bond donors (Lipinski definition) is 3. The highest BCUT2D eigenvalue weighted by atomic mass is 16.4. The van der Waals surface area contributed by atoms with E-state index in [1.165, 1.54) is 0 Å². The van der Waals surface area contributed by atoms with Crippen LogP contribution in [0.15, 0.2) is 18.7 Å². The number of amides is 2. The average molecular weight is 254 g/mol. The minimum atomic E-state index is -1.29. The molecule has 98 valence electrons. The quantitative estimate of drug-likeness (QED) is 0.558. The number of aromatic nitrogens is 2. The lowest BCUT2D eigenvalue weighted by atomic mass is 10.2. The van der Waals surface area contributed by atoms with Crippen LogP contribution < -0.4 is 11.1 Å². The molecule has 0 aliphatic carbocycles. The maximum absolute atomic E-state index is 11.5. The van der Waals surface area contributed by atoms with Gasteiger partial charge in [-0.2, -0.15) is 0 Å². The average Bonchev–Trinajstić information content (AvgIpc) is 2.77. The molecule has 8 nitrogen and oxygen atoms in total. The maximum Gasteiger partial charge on any atom is 0.326 e. The molecule has 0 fully saturated rings. The number of carbonyl (C=O) groups excluding carboxylic acids is 2. The number of aryl methyl sites for hydroxylation is 1. The van der Waals surface area contributed by atoms with Crippen molar-refractivity contribution in [3.8, 4) is 0 Å². The van der Waals surface area contributed by atoms with Crippen molar-refractivity contribution in [1.82, 2.24) is 14.9 Å². The standard InChI is InChI=1S/C10H14N4O4/c11-8(15)5-7(10(17)18)13-9(16)1-3-14-4-2-12-6-14/h2,4,6-7H,1,3,5H2,(H2,11,15)(H,13,16)(H,17,18). The Kier molecular flexibility index (Phi) is 4.85. The minimum Gasteiger partial charge on any atom is -0.480 e. The maximum atomic E-state index is 11.5. The van der Waals surface area contributed by atoms with Gasteiger partial charge in [0.15, 0.2) is 0 Å². The lowest BCUT2D eigenvalue weighted by Crippen LogP contribution is -2.43. The lowest BCUT2D eigenvalue weighted by molar-refractivity contribution is -0.143. The number of hydrogen-bond acceptors (Lipinski definition) is 4. The van der Waals surface area contributed by atoms with E-state index in [1.54, 1.807) is 23.3 Å². The van der Waals surface area contributed by atoms with Crippen molar-refractivity contribution in [2.24, 2.45) is 5.73 Å². The highest BCUT2D eigenvalue weighted by molar-refractivity contribution is 5.88. The van der Waals surface area contributed by atoms with Crippen LogP contribution in [0.2, 0.25) is 0 Å². The molecule has 4 N–H and O–H groups in total. The molecular formula is C10H14N4O4. The third kappa shape index (κ3) is 4.64. The van der Waals surface area contributed by atoms with Crippen molar-refractivity contribution in [3.05, 3.63) is 18.7 Å². The van der Waals surface area contributed by atoms with E-state index in [0.29, 0.717) is 6.54 Å². The van der Waals surface area contributed by atoms with Crippen LogP contribution in [-0.2, 0) is 20.9 Å².